The number of nitrogen functional groups attached to an aromatic ring is 1. The van der Waals surface area contributed by atoms with Crippen LogP contribution >= 0.6 is 34.9 Å². The number of thiazole rings is 1. The summed E-state index contributed by atoms with van der Waals surface area (Å²) in [4.78, 5) is 34.6. The molecule has 0 fully saturated rings. The maximum absolute atomic E-state index is 12.2. The first-order chi connectivity index (χ1) is 15.1. The highest BCUT2D eigenvalue weighted by Gasteiger charge is 2.17. The minimum atomic E-state index is -0.318. The molecule has 4 aromatic rings. The van der Waals surface area contributed by atoms with Gasteiger partial charge in [-0.15, -0.1) is 21.5 Å². The lowest BCUT2D eigenvalue weighted by atomic mass is 10.3. The van der Waals surface area contributed by atoms with Gasteiger partial charge >= 0.3 is 0 Å². The molecule has 158 valence electrons. The Morgan fingerprint density at radius 2 is 2.06 bits per heavy atom. The number of nitrogens with one attached hydrogen (secondary N) is 2. The molecule has 0 bridgehead atoms. The van der Waals surface area contributed by atoms with Gasteiger partial charge < -0.3 is 16.0 Å². The summed E-state index contributed by atoms with van der Waals surface area (Å²) >= 11 is 3.91. The second-order valence-corrected chi connectivity index (χ2v) is 8.81. The Morgan fingerprint density at radius 3 is 2.81 bits per heavy atom. The fraction of sp³-hybridized carbons (Fsp3) is 0.111. The van der Waals surface area contributed by atoms with Crippen molar-refractivity contribution in [3.63, 3.8) is 0 Å². The van der Waals surface area contributed by atoms with Crippen LogP contribution in [0.2, 0.25) is 0 Å². The third-order valence-corrected chi connectivity index (χ3v) is 6.29. The Balaban J connectivity index is 1.52. The van der Waals surface area contributed by atoms with Crippen LogP contribution in [0, 0.1) is 0 Å². The summed E-state index contributed by atoms with van der Waals surface area (Å²) in [6.07, 6.45) is 1.63. The minimum absolute atomic E-state index is 0.151. The second kappa shape index (κ2) is 9.76. The zero-order valence-electron chi connectivity index (χ0n) is 15.9. The first-order valence-electron chi connectivity index (χ1n) is 8.90. The predicted molar refractivity (Wildman–Crippen MR) is 122 cm³/mol. The molecule has 4 rings (SSSR count). The zero-order chi connectivity index (χ0) is 21.6. The molecule has 13 heteroatoms. The number of amides is 1. The predicted octanol–water partition coefficient (Wildman–Crippen LogP) is 2.41. The van der Waals surface area contributed by atoms with Crippen LogP contribution < -0.4 is 16.6 Å². The smallest absolute Gasteiger partial charge is 0.253 e. The van der Waals surface area contributed by atoms with Crippen molar-refractivity contribution >= 4 is 51.7 Å². The Labute approximate surface area is 188 Å². The van der Waals surface area contributed by atoms with Crippen molar-refractivity contribution in [2.24, 2.45) is 0 Å². The first-order valence-corrected chi connectivity index (χ1v) is 11.7. The largest absolute Gasteiger partial charge is 0.383 e. The van der Waals surface area contributed by atoms with Gasteiger partial charge in [-0.3, -0.25) is 14.2 Å². The molecule has 4 N–H and O–H groups in total. The number of H-pyrrole nitrogens is 1. The fourth-order valence-corrected chi connectivity index (χ4v) is 4.66. The Bertz CT molecular complexity index is 1220. The first kappa shape index (κ1) is 21.1. The van der Waals surface area contributed by atoms with Gasteiger partial charge in [0.2, 0.25) is 5.91 Å². The summed E-state index contributed by atoms with van der Waals surface area (Å²) in [6, 6.07) is 10.8. The number of para-hydroxylation sites is 1. The summed E-state index contributed by atoms with van der Waals surface area (Å²) in [5.41, 5.74) is 6.19. The molecule has 1 amide bonds. The van der Waals surface area contributed by atoms with E-state index in [-0.39, 0.29) is 23.0 Å². The van der Waals surface area contributed by atoms with E-state index in [1.54, 1.807) is 11.6 Å². The van der Waals surface area contributed by atoms with Crippen LogP contribution in [0.15, 0.2) is 63.1 Å². The summed E-state index contributed by atoms with van der Waals surface area (Å²) in [6.45, 7) is 0. The number of aromatic nitrogens is 6. The van der Waals surface area contributed by atoms with Crippen LogP contribution in [0.1, 0.15) is 5.82 Å². The molecule has 0 unspecified atom stereocenters. The quantitative estimate of drug-likeness (QED) is 0.260. The van der Waals surface area contributed by atoms with Crippen molar-refractivity contribution in [1.29, 1.82) is 0 Å². The number of nitrogens with two attached hydrogens (primary N) is 1. The Kier molecular flexibility index (Phi) is 6.64. The molecule has 3 aromatic heterocycles. The number of carbonyl (C=O) groups excluding carboxylic acids is 1. The van der Waals surface area contributed by atoms with Crippen LogP contribution in [0.4, 0.5) is 10.9 Å². The van der Waals surface area contributed by atoms with Crippen LogP contribution in [-0.2, 0) is 10.5 Å². The Hall–Kier alpha value is -3.16. The van der Waals surface area contributed by atoms with Gasteiger partial charge in [-0.25, -0.2) is 9.97 Å². The molecular weight excluding hydrogens is 456 g/mol. The second-order valence-electron chi connectivity index (χ2n) is 6.01. The molecule has 0 aliphatic carbocycles. The summed E-state index contributed by atoms with van der Waals surface area (Å²) in [7, 11) is 0. The molecule has 0 aliphatic rings. The van der Waals surface area contributed by atoms with E-state index in [0.717, 1.165) is 5.69 Å². The summed E-state index contributed by atoms with van der Waals surface area (Å²) in [5.74, 6) is 1.16. The van der Waals surface area contributed by atoms with E-state index in [1.165, 1.54) is 40.9 Å². The normalized spacial score (nSPS) is 10.8. The van der Waals surface area contributed by atoms with E-state index in [0.29, 0.717) is 27.0 Å². The van der Waals surface area contributed by atoms with Gasteiger partial charge in [0.15, 0.2) is 15.4 Å². The van der Waals surface area contributed by atoms with Crippen LogP contribution in [0.5, 0.6) is 0 Å². The Morgan fingerprint density at radius 1 is 1.23 bits per heavy atom. The number of anilines is 2. The molecule has 0 saturated heterocycles. The molecule has 0 radical (unpaired) electrons. The third kappa shape index (κ3) is 5.51. The average Bonchev–Trinajstić information content (AvgIpc) is 3.40. The summed E-state index contributed by atoms with van der Waals surface area (Å²) in [5, 5.41) is 14.6. The van der Waals surface area contributed by atoms with Crippen molar-refractivity contribution in [3.05, 3.63) is 64.2 Å². The lowest BCUT2D eigenvalue weighted by Gasteiger charge is -2.10. The number of benzene rings is 1. The fourth-order valence-electron chi connectivity index (χ4n) is 2.55. The standard InChI is InChI=1S/C18H16N8O2S3/c19-12-8-14(27)22-17(21-12)30-9-13-24-25-18(26(13)11-4-2-1-3-5-11)31-10-15(28)23-16-20-6-7-29-16/h1-8H,9-10H2,(H,20,23,28)(H3,19,21,22,27). The van der Waals surface area contributed by atoms with Gasteiger partial charge in [0.05, 0.1) is 11.5 Å². The highest BCUT2D eigenvalue weighted by atomic mass is 32.2. The van der Waals surface area contributed by atoms with E-state index in [2.05, 4.69) is 30.5 Å². The lowest BCUT2D eigenvalue weighted by Crippen LogP contribution is -2.14. The van der Waals surface area contributed by atoms with Gasteiger partial charge in [0, 0.05) is 23.3 Å². The van der Waals surface area contributed by atoms with Crippen molar-refractivity contribution in [2.75, 3.05) is 16.8 Å². The molecule has 3 heterocycles. The van der Waals surface area contributed by atoms with Gasteiger partial charge in [-0.2, -0.15) is 0 Å². The van der Waals surface area contributed by atoms with Gasteiger partial charge in [0.25, 0.3) is 5.56 Å². The number of hydrogen-bond donors (Lipinski definition) is 3. The van der Waals surface area contributed by atoms with Crippen molar-refractivity contribution in [1.82, 2.24) is 29.7 Å². The molecule has 0 spiro atoms. The maximum Gasteiger partial charge on any atom is 0.253 e. The molecule has 31 heavy (non-hydrogen) atoms. The zero-order valence-corrected chi connectivity index (χ0v) is 18.3. The SMILES string of the molecule is Nc1cc(=O)[nH]c(SCc2nnc(SCC(=O)Nc3nccs3)n2-c2ccccc2)n1. The van der Waals surface area contributed by atoms with Gasteiger partial charge in [0.1, 0.15) is 11.6 Å². The number of rotatable bonds is 8. The average molecular weight is 473 g/mol. The number of carbonyl (C=O) groups is 1. The van der Waals surface area contributed by atoms with Crippen molar-refractivity contribution < 1.29 is 4.79 Å². The number of hydrogen-bond acceptors (Lipinski definition) is 10. The third-order valence-electron chi connectivity index (χ3n) is 3.80. The van der Waals surface area contributed by atoms with E-state index < -0.39 is 0 Å². The van der Waals surface area contributed by atoms with E-state index in [1.807, 2.05) is 34.9 Å². The molecule has 0 saturated carbocycles. The molecule has 10 nitrogen and oxygen atoms in total. The maximum atomic E-state index is 12.2. The van der Waals surface area contributed by atoms with Gasteiger partial charge in [-0.1, -0.05) is 41.7 Å². The highest BCUT2D eigenvalue weighted by Crippen LogP contribution is 2.26. The van der Waals surface area contributed by atoms with Crippen molar-refractivity contribution in [3.8, 4) is 5.69 Å². The highest BCUT2D eigenvalue weighted by molar-refractivity contribution is 7.99. The van der Waals surface area contributed by atoms with Crippen LogP contribution in [0.25, 0.3) is 5.69 Å². The van der Waals surface area contributed by atoms with Crippen molar-refractivity contribution in [2.45, 2.75) is 16.1 Å². The monoisotopic (exact) mass is 472 g/mol. The topological polar surface area (TPSA) is 144 Å². The molecular formula is C18H16N8O2S3. The van der Waals surface area contributed by atoms with Crippen LogP contribution in [0.3, 0.4) is 0 Å². The van der Waals surface area contributed by atoms with Gasteiger partial charge in [-0.05, 0) is 12.1 Å². The molecule has 1 aromatic carbocycles. The minimum Gasteiger partial charge on any atom is -0.383 e. The van der Waals surface area contributed by atoms with E-state index >= 15 is 0 Å². The number of nitrogens with zero attached hydrogens (tertiary/aromatic N) is 5. The van der Waals surface area contributed by atoms with Crippen LogP contribution in [-0.4, -0.2) is 41.4 Å². The lowest BCUT2D eigenvalue weighted by molar-refractivity contribution is -0.113. The number of thioether (sulfide) groups is 2. The van der Waals surface area contributed by atoms with E-state index in [9.17, 15) is 9.59 Å². The summed E-state index contributed by atoms with van der Waals surface area (Å²) < 4.78 is 1.87. The molecule has 0 atom stereocenters. The van der Waals surface area contributed by atoms with E-state index in [4.69, 9.17) is 5.73 Å². The molecule has 0 aliphatic heterocycles. The number of aromatic amines is 1.